The number of pyridine rings is 1. The van der Waals surface area contributed by atoms with Crippen LogP contribution in [-0.4, -0.2) is 34.3 Å². The molecule has 0 unspecified atom stereocenters. The van der Waals surface area contributed by atoms with E-state index in [-0.39, 0.29) is 5.75 Å². The molecule has 9 nitrogen and oxygen atoms in total. The lowest BCUT2D eigenvalue weighted by atomic mass is 10.0. The highest BCUT2D eigenvalue weighted by molar-refractivity contribution is 7.89. The van der Waals surface area contributed by atoms with Crippen molar-refractivity contribution in [1.29, 1.82) is 5.26 Å². The molecule has 33 heavy (non-hydrogen) atoms. The number of aromatic nitrogens is 4. The highest BCUT2D eigenvalue weighted by atomic mass is 32.2. The molecule has 166 valence electrons. The first-order valence-corrected chi connectivity index (χ1v) is 12.5. The van der Waals surface area contributed by atoms with E-state index in [2.05, 4.69) is 31.8 Å². The van der Waals surface area contributed by atoms with Crippen molar-refractivity contribution in [1.82, 2.24) is 19.6 Å². The number of hydrogen-bond acceptors (Lipinski definition) is 8. The van der Waals surface area contributed by atoms with E-state index < -0.39 is 9.84 Å². The molecule has 1 fully saturated rings. The summed E-state index contributed by atoms with van der Waals surface area (Å²) in [6, 6.07) is 13.4. The van der Waals surface area contributed by atoms with Crippen LogP contribution in [0.5, 0.6) is 0 Å². The van der Waals surface area contributed by atoms with Gasteiger partial charge in [0.05, 0.1) is 23.8 Å². The number of nitriles is 1. The number of rotatable bonds is 7. The van der Waals surface area contributed by atoms with Crippen molar-refractivity contribution in [3.63, 3.8) is 0 Å². The molecule has 0 aliphatic heterocycles. The van der Waals surface area contributed by atoms with E-state index in [1.807, 2.05) is 30.3 Å². The number of anilines is 4. The van der Waals surface area contributed by atoms with E-state index >= 15 is 0 Å². The van der Waals surface area contributed by atoms with Crippen LogP contribution in [0.15, 0.2) is 55.0 Å². The monoisotopic (exact) mass is 459 g/mol. The zero-order valence-corrected chi connectivity index (χ0v) is 18.7. The SMILES string of the molecule is CS(=O)(=O)Cc1cc(Nc2cc(Nc3cccnc3)n3ncc(C#N)c3n2)ccc1C1CC1. The standard InChI is InChI=1S/C23H21N7O2S/c1-33(31,32)14-16-9-18(6-7-20(16)15-4-5-15)27-21-10-22(28-19-3-2-8-25-13-19)30-23(29-21)17(11-24)12-26-30/h2-3,6-10,12-13,15,28H,4-5,14H2,1H3,(H,27,29). The van der Waals surface area contributed by atoms with E-state index in [1.54, 1.807) is 23.0 Å². The Morgan fingerprint density at radius 2 is 2.00 bits per heavy atom. The van der Waals surface area contributed by atoms with Crippen LogP contribution in [0.25, 0.3) is 5.65 Å². The predicted octanol–water partition coefficient (Wildman–Crippen LogP) is 3.91. The van der Waals surface area contributed by atoms with Gasteiger partial charge in [-0.2, -0.15) is 14.9 Å². The minimum atomic E-state index is -3.17. The third-order valence-electron chi connectivity index (χ3n) is 5.38. The predicted molar refractivity (Wildman–Crippen MR) is 125 cm³/mol. The highest BCUT2D eigenvalue weighted by Gasteiger charge is 2.27. The van der Waals surface area contributed by atoms with E-state index in [0.29, 0.717) is 28.8 Å². The summed E-state index contributed by atoms with van der Waals surface area (Å²) in [5, 5.41) is 20.3. The van der Waals surface area contributed by atoms with Gasteiger partial charge in [-0.15, -0.1) is 0 Å². The first kappa shape index (κ1) is 20.9. The number of hydrogen-bond donors (Lipinski definition) is 2. The first-order valence-electron chi connectivity index (χ1n) is 10.4. The molecule has 3 heterocycles. The van der Waals surface area contributed by atoms with Gasteiger partial charge in [0.15, 0.2) is 15.5 Å². The summed E-state index contributed by atoms with van der Waals surface area (Å²) in [6.07, 6.45) is 8.25. The van der Waals surface area contributed by atoms with Gasteiger partial charge in [0, 0.05) is 24.2 Å². The number of benzene rings is 1. The smallest absolute Gasteiger partial charge is 0.177 e. The fraction of sp³-hybridized carbons (Fsp3) is 0.217. The van der Waals surface area contributed by atoms with Gasteiger partial charge in [-0.25, -0.2) is 13.4 Å². The molecule has 0 spiro atoms. The molecule has 10 heteroatoms. The number of nitrogens with one attached hydrogen (secondary N) is 2. The van der Waals surface area contributed by atoms with Crippen molar-refractivity contribution in [3.8, 4) is 6.07 Å². The average molecular weight is 460 g/mol. The molecule has 2 N–H and O–H groups in total. The molecule has 5 rings (SSSR count). The fourth-order valence-electron chi connectivity index (χ4n) is 3.81. The Balaban J connectivity index is 1.53. The second-order valence-corrected chi connectivity index (χ2v) is 10.3. The molecule has 1 aromatic carbocycles. The van der Waals surface area contributed by atoms with Crippen molar-refractivity contribution in [3.05, 3.63) is 71.7 Å². The third kappa shape index (κ3) is 4.63. The zero-order valence-electron chi connectivity index (χ0n) is 17.9. The Bertz CT molecular complexity index is 1490. The Labute approximate surface area is 191 Å². The van der Waals surface area contributed by atoms with Crippen LogP contribution in [0, 0.1) is 11.3 Å². The van der Waals surface area contributed by atoms with E-state index in [0.717, 1.165) is 35.3 Å². The van der Waals surface area contributed by atoms with Gasteiger partial charge < -0.3 is 10.6 Å². The van der Waals surface area contributed by atoms with Gasteiger partial charge in [-0.3, -0.25) is 4.98 Å². The molecule has 0 bridgehead atoms. The Hall–Kier alpha value is -3.97. The van der Waals surface area contributed by atoms with Crippen LogP contribution in [0.1, 0.15) is 35.4 Å². The molecule has 1 aliphatic rings. The van der Waals surface area contributed by atoms with Crippen LogP contribution in [0.2, 0.25) is 0 Å². The van der Waals surface area contributed by atoms with Crippen LogP contribution < -0.4 is 10.6 Å². The summed E-state index contributed by atoms with van der Waals surface area (Å²) in [5.41, 5.74) is 4.13. The largest absolute Gasteiger partial charge is 0.340 e. The summed E-state index contributed by atoms with van der Waals surface area (Å²) in [4.78, 5) is 8.68. The normalized spacial score (nSPS) is 13.6. The Morgan fingerprint density at radius 1 is 1.15 bits per heavy atom. The lowest BCUT2D eigenvalue weighted by molar-refractivity contribution is 0.601. The van der Waals surface area contributed by atoms with Crippen LogP contribution in [-0.2, 0) is 15.6 Å². The minimum absolute atomic E-state index is 0.00413. The first-order chi connectivity index (χ1) is 15.9. The maximum absolute atomic E-state index is 12.0. The molecule has 1 aliphatic carbocycles. The van der Waals surface area contributed by atoms with Crippen molar-refractivity contribution in [2.75, 3.05) is 16.9 Å². The van der Waals surface area contributed by atoms with E-state index in [1.165, 1.54) is 12.5 Å². The van der Waals surface area contributed by atoms with Crippen LogP contribution >= 0.6 is 0 Å². The maximum Gasteiger partial charge on any atom is 0.177 e. The minimum Gasteiger partial charge on any atom is -0.340 e. The van der Waals surface area contributed by atoms with Crippen LogP contribution in [0.4, 0.5) is 23.0 Å². The number of nitrogens with zero attached hydrogens (tertiary/aromatic N) is 5. The third-order valence-corrected chi connectivity index (χ3v) is 6.21. The molecule has 4 aromatic rings. The molecule has 3 aromatic heterocycles. The molecular formula is C23H21N7O2S. The zero-order chi connectivity index (χ0) is 23.0. The van der Waals surface area contributed by atoms with Crippen molar-refractivity contribution in [2.24, 2.45) is 0 Å². The van der Waals surface area contributed by atoms with E-state index in [4.69, 9.17) is 0 Å². The highest BCUT2D eigenvalue weighted by Crippen LogP contribution is 2.42. The molecule has 0 amide bonds. The summed E-state index contributed by atoms with van der Waals surface area (Å²) in [6.45, 7) is 0. The van der Waals surface area contributed by atoms with Gasteiger partial charge in [-0.05, 0) is 54.2 Å². The second-order valence-electron chi connectivity index (χ2n) is 8.18. The second kappa shape index (κ2) is 8.18. The van der Waals surface area contributed by atoms with E-state index in [9.17, 15) is 13.7 Å². The topological polar surface area (TPSA) is 125 Å². The number of sulfone groups is 1. The van der Waals surface area contributed by atoms with Gasteiger partial charge >= 0.3 is 0 Å². The average Bonchev–Trinajstić information content (AvgIpc) is 3.52. The quantitative estimate of drug-likeness (QED) is 0.426. The lowest BCUT2D eigenvalue weighted by Gasteiger charge is -2.14. The summed E-state index contributed by atoms with van der Waals surface area (Å²) < 4.78 is 25.5. The van der Waals surface area contributed by atoms with Gasteiger partial charge in [0.1, 0.15) is 23.3 Å². The van der Waals surface area contributed by atoms with Crippen molar-refractivity contribution >= 4 is 38.5 Å². The lowest BCUT2D eigenvalue weighted by Crippen LogP contribution is -2.06. The van der Waals surface area contributed by atoms with Crippen molar-refractivity contribution < 1.29 is 8.42 Å². The summed E-state index contributed by atoms with van der Waals surface area (Å²) >= 11 is 0. The molecular weight excluding hydrogens is 438 g/mol. The summed E-state index contributed by atoms with van der Waals surface area (Å²) in [5.74, 6) is 1.53. The molecule has 0 saturated heterocycles. The molecule has 0 radical (unpaired) electrons. The Kier molecular flexibility index (Phi) is 5.18. The maximum atomic E-state index is 12.0. The molecule has 0 atom stereocenters. The van der Waals surface area contributed by atoms with Gasteiger partial charge in [-0.1, -0.05) is 6.07 Å². The Morgan fingerprint density at radius 3 is 2.70 bits per heavy atom. The van der Waals surface area contributed by atoms with Gasteiger partial charge in [0.2, 0.25) is 0 Å². The van der Waals surface area contributed by atoms with Gasteiger partial charge in [0.25, 0.3) is 0 Å². The summed E-state index contributed by atoms with van der Waals surface area (Å²) in [7, 11) is -3.17. The van der Waals surface area contributed by atoms with Crippen LogP contribution in [0.3, 0.4) is 0 Å². The molecule has 1 saturated carbocycles. The number of fused-ring (bicyclic) bond motifs is 1. The fourth-order valence-corrected chi connectivity index (χ4v) is 4.63. The van der Waals surface area contributed by atoms with Crippen molar-refractivity contribution in [2.45, 2.75) is 24.5 Å².